The first-order valence-electron chi connectivity index (χ1n) is 7.08. The fourth-order valence-corrected chi connectivity index (χ4v) is 3.72. The largest absolute Gasteiger partial charge is 0.372 e. The Hall–Kier alpha value is -1.40. The number of amides is 1. The fourth-order valence-electron chi connectivity index (χ4n) is 3.07. The molecule has 5 nitrogen and oxygen atoms in total. The number of nitrogens with one attached hydrogen (secondary N) is 1. The van der Waals surface area contributed by atoms with E-state index in [2.05, 4.69) is 38.1 Å². The van der Waals surface area contributed by atoms with Crippen molar-refractivity contribution < 1.29 is 9.59 Å². The van der Waals surface area contributed by atoms with Gasteiger partial charge in [0, 0.05) is 24.1 Å². The van der Waals surface area contributed by atoms with E-state index in [1.807, 2.05) is 13.1 Å². The van der Waals surface area contributed by atoms with Crippen LogP contribution >= 0.6 is 15.9 Å². The van der Waals surface area contributed by atoms with Crippen molar-refractivity contribution in [2.45, 2.75) is 18.9 Å². The molecule has 112 valence electrons. The summed E-state index contributed by atoms with van der Waals surface area (Å²) in [5, 5.41) is 2.63. The van der Waals surface area contributed by atoms with Gasteiger partial charge >= 0.3 is 0 Å². The molecule has 3 rings (SSSR count). The Morgan fingerprint density at radius 2 is 2.19 bits per heavy atom. The first-order valence-corrected chi connectivity index (χ1v) is 7.87. The molecule has 0 radical (unpaired) electrons. The van der Waals surface area contributed by atoms with Crippen LogP contribution in [-0.2, 0) is 4.79 Å². The number of Topliss-reactive ketones (excluding diaryl/α,β-unsaturated/α-hetero) is 1. The van der Waals surface area contributed by atoms with Crippen molar-refractivity contribution in [1.29, 1.82) is 0 Å². The van der Waals surface area contributed by atoms with Crippen LogP contribution in [0.1, 0.15) is 23.2 Å². The maximum atomic E-state index is 11.7. The van der Waals surface area contributed by atoms with Crippen LogP contribution in [-0.4, -0.2) is 49.8 Å². The number of rotatable bonds is 3. The quantitative estimate of drug-likeness (QED) is 0.847. The van der Waals surface area contributed by atoms with E-state index in [4.69, 9.17) is 0 Å². The predicted octanol–water partition coefficient (Wildman–Crippen LogP) is 2.11. The summed E-state index contributed by atoms with van der Waals surface area (Å²) in [6, 6.07) is 4.16. The van der Waals surface area contributed by atoms with Crippen LogP contribution in [0.3, 0.4) is 0 Å². The molecule has 0 saturated carbocycles. The zero-order chi connectivity index (χ0) is 15.1. The molecule has 1 unspecified atom stereocenters. The summed E-state index contributed by atoms with van der Waals surface area (Å²) in [5.74, 6) is -1.01. The second-order valence-electron chi connectivity index (χ2n) is 5.79. The van der Waals surface area contributed by atoms with Crippen LogP contribution in [0.25, 0.3) is 0 Å². The number of ketones is 1. The molecule has 0 bridgehead atoms. The summed E-state index contributed by atoms with van der Waals surface area (Å²) in [4.78, 5) is 27.7. The Morgan fingerprint density at radius 1 is 1.43 bits per heavy atom. The highest BCUT2D eigenvalue weighted by molar-refractivity contribution is 9.10. The molecule has 21 heavy (non-hydrogen) atoms. The minimum Gasteiger partial charge on any atom is -0.372 e. The average Bonchev–Trinajstić information content (AvgIpc) is 2.95. The molecule has 0 aromatic heterocycles. The molecule has 1 saturated heterocycles. The fraction of sp³-hybridized carbons (Fsp3) is 0.467. The highest BCUT2D eigenvalue weighted by Crippen LogP contribution is 2.35. The van der Waals surface area contributed by atoms with Gasteiger partial charge in [-0.25, -0.2) is 0 Å². The van der Waals surface area contributed by atoms with Gasteiger partial charge in [-0.3, -0.25) is 9.59 Å². The lowest BCUT2D eigenvalue weighted by molar-refractivity contribution is -0.112. The number of likely N-dealkylation sites (N-methyl/N-ethyl adjacent to an activating group) is 2. The molecular formula is C15H18BrN3O2. The number of hydrogen-bond donors (Lipinski definition) is 1. The van der Waals surface area contributed by atoms with Crippen molar-refractivity contribution in [3.8, 4) is 0 Å². The Kier molecular flexibility index (Phi) is 3.75. The van der Waals surface area contributed by atoms with E-state index < -0.39 is 11.7 Å². The van der Waals surface area contributed by atoms with Crippen LogP contribution in [0.4, 0.5) is 11.4 Å². The lowest BCUT2D eigenvalue weighted by Crippen LogP contribution is -2.36. The molecule has 1 N–H and O–H groups in total. The van der Waals surface area contributed by atoms with Gasteiger partial charge in [0.05, 0.1) is 16.9 Å². The number of hydrogen-bond acceptors (Lipinski definition) is 4. The van der Waals surface area contributed by atoms with E-state index in [0.717, 1.165) is 23.2 Å². The third-order valence-electron chi connectivity index (χ3n) is 4.35. The summed E-state index contributed by atoms with van der Waals surface area (Å²) in [6.45, 7) is 2.07. The van der Waals surface area contributed by atoms with Crippen LogP contribution in [0.2, 0.25) is 0 Å². The maximum absolute atomic E-state index is 11.7. The number of benzene rings is 1. The number of nitrogens with zero attached hydrogens (tertiary/aromatic N) is 2. The highest BCUT2D eigenvalue weighted by atomic mass is 79.9. The monoisotopic (exact) mass is 351 g/mol. The van der Waals surface area contributed by atoms with Gasteiger partial charge in [0.2, 0.25) is 0 Å². The van der Waals surface area contributed by atoms with Crippen LogP contribution in [0, 0.1) is 0 Å². The molecule has 0 spiro atoms. The molecule has 6 heteroatoms. The molecule has 1 fully saturated rings. The van der Waals surface area contributed by atoms with Gasteiger partial charge in [-0.2, -0.15) is 0 Å². The molecule has 1 aromatic carbocycles. The summed E-state index contributed by atoms with van der Waals surface area (Å²) in [6.07, 6.45) is 2.45. The lowest BCUT2D eigenvalue weighted by atomic mass is 10.1. The second kappa shape index (κ2) is 5.42. The maximum Gasteiger partial charge on any atom is 0.296 e. The summed E-state index contributed by atoms with van der Waals surface area (Å²) in [7, 11) is 4.19. The van der Waals surface area contributed by atoms with Crippen molar-refractivity contribution in [2.24, 2.45) is 0 Å². The SMILES string of the molecule is CN(CC1CCCN1C)c1cc2c(cc1Br)C(=O)C(=O)N2. The molecule has 2 aliphatic heterocycles. The molecule has 2 aliphatic rings. The van der Waals surface area contributed by atoms with E-state index in [1.165, 1.54) is 12.8 Å². The van der Waals surface area contributed by atoms with E-state index in [0.29, 0.717) is 17.3 Å². The highest BCUT2D eigenvalue weighted by Gasteiger charge is 2.30. The van der Waals surface area contributed by atoms with Crippen molar-refractivity contribution in [1.82, 2.24) is 4.90 Å². The topological polar surface area (TPSA) is 52.7 Å². The van der Waals surface area contributed by atoms with E-state index in [9.17, 15) is 9.59 Å². The predicted molar refractivity (Wildman–Crippen MR) is 86.0 cm³/mol. The van der Waals surface area contributed by atoms with Crippen LogP contribution in [0.5, 0.6) is 0 Å². The van der Waals surface area contributed by atoms with Gasteiger partial charge < -0.3 is 15.1 Å². The normalized spacial score (nSPS) is 21.6. The molecule has 0 aliphatic carbocycles. The zero-order valence-electron chi connectivity index (χ0n) is 12.1. The summed E-state index contributed by atoms with van der Waals surface area (Å²) in [5.41, 5.74) is 2.04. The van der Waals surface area contributed by atoms with Crippen molar-refractivity contribution >= 4 is 39.0 Å². The summed E-state index contributed by atoms with van der Waals surface area (Å²) >= 11 is 3.52. The number of halogens is 1. The van der Waals surface area contributed by atoms with Crippen LogP contribution < -0.4 is 10.2 Å². The van der Waals surface area contributed by atoms with Gasteiger partial charge in [-0.15, -0.1) is 0 Å². The molecule has 1 amide bonds. The van der Waals surface area contributed by atoms with Crippen molar-refractivity contribution in [3.63, 3.8) is 0 Å². The van der Waals surface area contributed by atoms with Gasteiger partial charge in [0.1, 0.15) is 0 Å². The Morgan fingerprint density at radius 3 is 2.86 bits per heavy atom. The summed E-state index contributed by atoms with van der Waals surface area (Å²) < 4.78 is 0.842. The van der Waals surface area contributed by atoms with Gasteiger partial charge in [0.25, 0.3) is 11.7 Å². The molecule has 1 aromatic rings. The molecular weight excluding hydrogens is 334 g/mol. The number of fused-ring (bicyclic) bond motifs is 1. The second-order valence-corrected chi connectivity index (χ2v) is 6.64. The van der Waals surface area contributed by atoms with Crippen molar-refractivity contribution in [2.75, 3.05) is 37.4 Å². The van der Waals surface area contributed by atoms with E-state index in [-0.39, 0.29) is 0 Å². The standard InChI is InChI=1S/C15H18BrN3O2/c1-18-5-3-4-9(18)8-19(2)13-7-12-10(6-11(13)16)14(20)15(21)17-12/h6-7,9H,3-5,8H2,1-2H3,(H,17,20,21). The number of carbonyl (C=O) groups excluding carboxylic acids is 2. The third kappa shape index (κ3) is 2.58. The zero-order valence-corrected chi connectivity index (χ0v) is 13.7. The van der Waals surface area contributed by atoms with E-state index in [1.54, 1.807) is 6.07 Å². The van der Waals surface area contributed by atoms with Gasteiger partial charge in [0.15, 0.2) is 0 Å². The van der Waals surface area contributed by atoms with E-state index >= 15 is 0 Å². The average molecular weight is 352 g/mol. The van der Waals surface area contributed by atoms with Gasteiger partial charge in [-0.05, 0) is 54.5 Å². The minimum absolute atomic E-state index is 0.446. The Balaban J connectivity index is 1.84. The smallest absolute Gasteiger partial charge is 0.296 e. The van der Waals surface area contributed by atoms with Crippen LogP contribution in [0.15, 0.2) is 16.6 Å². The minimum atomic E-state index is -0.549. The number of anilines is 2. The Labute approximate surface area is 132 Å². The molecule has 2 heterocycles. The Bertz CT molecular complexity index is 617. The third-order valence-corrected chi connectivity index (χ3v) is 4.99. The first-order chi connectivity index (χ1) is 9.97. The van der Waals surface area contributed by atoms with Gasteiger partial charge in [-0.1, -0.05) is 0 Å². The first kappa shape index (κ1) is 14.5. The number of carbonyl (C=O) groups is 2. The number of likely N-dealkylation sites (tertiary alicyclic amines) is 1. The lowest BCUT2D eigenvalue weighted by Gasteiger charge is -2.28. The van der Waals surface area contributed by atoms with Crippen molar-refractivity contribution in [3.05, 3.63) is 22.2 Å². The molecule has 1 atom stereocenters.